The van der Waals surface area contributed by atoms with Gasteiger partial charge in [0.2, 0.25) is 0 Å². The zero-order valence-electron chi connectivity index (χ0n) is 8.96. The van der Waals surface area contributed by atoms with Crippen LogP contribution in [0.15, 0.2) is 24.3 Å². The third kappa shape index (κ3) is 1.60. The average Bonchev–Trinajstić information content (AvgIpc) is 2.66. The lowest BCUT2D eigenvalue weighted by atomic mass is 9.98. The summed E-state index contributed by atoms with van der Waals surface area (Å²) < 4.78 is 0. The van der Waals surface area contributed by atoms with Crippen molar-refractivity contribution in [1.29, 1.82) is 0 Å². The highest BCUT2D eigenvalue weighted by molar-refractivity contribution is 8.00. The van der Waals surface area contributed by atoms with E-state index in [2.05, 4.69) is 41.3 Å². The van der Waals surface area contributed by atoms with Crippen molar-refractivity contribution in [1.82, 2.24) is 5.32 Å². The summed E-state index contributed by atoms with van der Waals surface area (Å²) in [6.45, 7) is 1.17. The molecular weight excluding hydrogens is 202 g/mol. The number of rotatable bonds is 0. The number of fused-ring (bicyclic) bond motifs is 2. The van der Waals surface area contributed by atoms with Crippen LogP contribution in [0, 0.1) is 0 Å². The van der Waals surface area contributed by atoms with Crippen molar-refractivity contribution in [3.8, 4) is 0 Å². The summed E-state index contributed by atoms with van der Waals surface area (Å²) in [5.74, 6) is 1.26. The second-order valence-corrected chi connectivity index (χ2v) is 5.86. The van der Waals surface area contributed by atoms with Crippen LogP contribution < -0.4 is 5.32 Å². The van der Waals surface area contributed by atoms with Crippen molar-refractivity contribution in [2.24, 2.45) is 0 Å². The van der Waals surface area contributed by atoms with Gasteiger partial charge in [-0.1, -0.05) is 30.7 Å². The quantitative estimate of drug-likeness (QED) is 0.720. The third-order valence-corrected chi connectivity index (χ3v) is 5.01. The van der Waals surface area contributed by atoms with Crippen LogP contribution >= 0.6 is 11.8 Å². The van der Waals surface area contributed by atoms with Gasteiger partial charge in [0.05, 0.1) is 4.87 Å². The minimum Gasteiger partial charge on any atom is -0.298 e. The minimum absolute atomic E-state index is 0.257. The summed E-state index contributed by atoms with van der Waals surface area (Å²) in [7, 11) is 0. The maximum Gasteiger partial charge on any atom is 0.0904 e. The van der Waals surface area contributed by atoms with E-state index in [1.807, 2.05) is 0 Å². The lowest BCUT2D eigenvalue weighted by Gasteiger charge is -2.29. The van der Waals surface area contributed by atoms with Crippen molar-refractivity contribution < 1.29 is 0 Å². The summed E-state index contributed by atoms with van der Waals surface area (Å²) in [6, 6.07) is 9.00. The molecule has 15 heavy (non-hydrogen) atoms. The first-order valence-electron chi connectivity index (χ1n) is 5.88. The first-order chi connectivity index (χ1) is 7.41. The van der Waals surface area contributed by atoms with Crippen molar-refractivity contribution in [3.05, 3.63) is 35.4 Å². The van der Waals surface area contributed by atoms with E-state index >= 15 is 0 Å². The Morgan fingerprint density at radius 3 is 3.00 bits per heavy atom. The highest BCUT2D eigenvalue weighted by atomic mass is 32.2. The van der Waals surface area contributed by atoms with E-state index in [1.165, 1.54) is 38.0 Å². The number of hydrogen-bond acceptors (Lipinski definition) is 2. The topological polar surface area (TPSA) is 12.0 Å². The average molecular weight is 219 g/mol. The zero-order valence-corrected chi connectivity index (χ0v) is 9.78. The molecule has 1 aromatic rings. The van der Waals surface area contributed by atoms with E-state index in [0.29, 0.717) is 0 Å². The van der Waals surface area contributed by atoms with Crippen molar-refractivity contribution in [2.75, 3.05) is 12.3 Å². The van der Waals surface area contributed by atoms with Gasteiger partial charge in [0.15, 0.2) is 0 Å². The van der Waals surface area contributed by atoms with Crippen molar-refractivity contribution in [3.63, 3.8) is 0 Å². The molecule has 0 radical (unpaired) electrons. The summed E-state index contributed by atoms with van der Waals surface area (Å²) in [5, 5.41) is 3.73. The molecule has 1 fully saturated rings. The van der Waals surface area contributed by atoms with Crippen LogP contribution in [0.4, 0.5) is 0 Å². The van der Waals surface area contributed by atoms with Crippen LogP contribution in [-0.4, -0.2) is 12.3 Å². The molecule has 1 aliphatic carbocycles. The first-order valence-corrected chi connectivity index (χ1v) is 6.87. The van der Waals surface area contributed by atoms with Crippen LogP contribution in [0.1, 0.15) is 30.4 Å². The monoisotopic (exact) mass is 219 g/mol. The number of aryl methyl sites for hydroxylation is 1. The Bertz CT molecular complexity index is 355. The molecule has 1 N–H and O–H groups in total. The fourth-order valence-corrected chi connectivity index (χ4v) is 4.22. The minimum atomic E-state index is 0.257. The molecule has 80 valence electrons. The highest BCUT2D eigenvalue weighted by Crippen LogP contribution is 2.45. The fraction of sp³-hybridized carbons (Fsp3) is 0.538. The molecule has 1 atom stereocenters. The Hall–Kier alpha value is -0.470. The van der Waals surface area contributed by atoms with E-state index in [1.54, 1.807) is 11.1 Å². The molecule has 1 nitrogen and oxygen atoms in total. The van der Waals surface area contributed by atoms with Gasteiger partial charge in [-0.05, 0) is 30.4 Å². The molecule has 2 heteroatoms. The highest BCUT2D eigenvalue weighted by Gasteiger charge is 2.38. The van der Waals surface area contributed by atoms with E-state index in [-0.39, 0.29) is 4.87 Å². The standard InChI is InChI=1S/C13H17NS/c1-2-7-12-11(5-1)6-3-4-8-13(12)14-9-10-15-13/h1-2,5,7,14H,3-4,6,8-10H2. The molecule has 1 spiro atoms. The molecule has 3 rings (SSSR count). The maximum atomic E-state index is 3.73. The fourth-order valence-electron chi connectivity index (χ4n) is 2.82. The molecule has 0 saturated carbocycles. The van der Waals surface area contributed by atoms with Gasteiger partial charge in [-0.2, -0.15) is 0 Å². The Kier molecular flexibility index (Phi) is 2.49. The number of thioether (sulfide) groups is 1. The second-order valence-electron chi connectivity index (χ2n) is 4.47. The number of hydrogen-bond donors (Lipinski definition) is 1. The second kappa shape index (κ2) is 3.84. The summed E-state index contributed by atoms with van der Waals surface area (Å²) >= 11 is 2.11. The summed E-state index contributed by atoms with van der Waals surface area (Å²) in [4.78, 5) is 0.257. The summed E-state index contributed by atoms with van der Waals surface area (Å²) in [5.41, 5.74) is 3.13. The van der Waals surface area contributed by atoms with Crippen LogP contribution in [0.5, 0.6) is 0 Å². The maximum absolute atomic E-state index is 3.73. The Morgan fingerprint density at radius 1 is 1.20 bits per heavy atom. The van der Waals surface area contributed by atoms with E-state index < -0.39 is 0 Å². The van der Waals surface area contributed by atoms with E-state index in [0.717, 1.165) is 0 Å². The van der Waals surface area contributed by atoms with Crippen LogP contribution in [-0.2, 0) is 11.3 Å². The van der Waals surface area contributed by atoms with Gasteiger partial charge in [-0.25, -0.2) is 0 Å². The lowest BCUT2D eigenvalue weighted by molar-refractivity contribution is 0.477. The molecule has 1 saturated heterocycles. The van der Waals surface area contributed by atoms with Gasteiger partial charge in [0.1, 0.15) is 0 Å². The normalized spacial score (nSPS) is 30.1. The van der Waals surface area contributed by atoms with Crippen LogP contribution in [0.25, 0.3) is 0 Å². The molecule has 1 aliphatic heterocycles. The Morgan fingerprint density at radius 2 is 2.13 bits per heavy atom. The van der Waals surface area contributed by atoms with Gasteiger partial charge >= 0.3 is 0 Å². The predicted octanol–water partition coefficient (Wildman–Crippen LogP) is 2.90. The largest absolute Gasteiger partial charge is 0.298 e. The SMILES string of the molecule is c1ccc2c(c1)CCCCC21NCCS1. The molecule has 1 unspecified atom stereocenters. The van der Waals surface area contributed by atoms with Crippen LogP contribution in [0.2, 0.25) is 0 Å². The van der Waals surface area contributed by atoms with Gasteiger partial charge in [0.25, 0.3) is 0 Å². The third-order valence-electron chi connectivity index (χ3n) is 3.54. The Labute approximate surface area is 95.6 Å². The summed E-state index contributed by atoms with van der Waals surface area (Å²) in [6.07, 6.45) is 5.27. The van der Waals surface area contributed by atoms with Crippen molar-refractivity contribution in [2.45, 2.75) is 30.6 Å². The van der Waals surface area contributed by atoms with Gasteiger partial charge < -0.3 is 0 Å². The van der Waals surface area contributed by atoms with Gasteiger partial charge in [-0.15, -0.1) is 11.8 Å². The number of benzene rings is 1. The van der Waals surface area contributed by atoms with Crippen LogP contribution in [0.3, 0.4) is 0 Å². The molecule has 1 heterocycles. The molecule has 0 aromatic heterocycles. The first kappa shape index (κ1) is 9.73. The van der Waals surface area contributed by atoms with Crippen molar-refractivity contribution >= 4 is 11.8 Å². The van der Waals surface area contributed by atoms with E-state index in [4.69, 9.17) is 0 Å². The molecule has 1 aromatic carbocycles. The molecule has 0 bridgehead atoms. The van der Waals surface area contributed by atoms with Gasteiger partial charge in [0, 0.05) is 12.3 Å². The Balaban J connectivity index is 2.09. The molecule has 2 aliphatic rings. The van der Waals surface area contributed by atoms with Gasteiger partial charge in [-0.3, -0.25) is 5.32 Å². The van der Waals surface area contributed by atoms with E-state index in [9.17, 15) is 0 Å². The lowest BCUT2D eigenvalue weighted by Crippen LogP contribution is -2.34. The molecule has 0 amide bonds. The molecular formula is C13H17NS. The zero-order chi connectivity index (χ0) is 10.1. The predicted molar refractivity (Wildman–Crippen MR) is 66.1 cm³/mol. The smallest absolute Gasteiger partial charge is 0.0904 e. The number of nitrogens with one attached hydrogen (secondary N) is 1.